The number of rotatable bonds is 4. The molecule has 0 saturated heterocycles. The van der Waals surface area contributed by atoms with Crippen LogP contribution in [0.4, 0.5) is 5.82 Å². The Bertz CT molecular complexity index is 330. The molecule has 0 aliphatic carbocycles. The number of nitrogens with zero attached hydrogens (tertiary/aromatic N) is 1. The summed E-state index contributed by atoms with van der Waals surface area (Å²) in [6.45, 7) is 1.88. The highest BCUT2D eigenvalue weighted by atomic mass is 79.9. The van der Waals surface area contributed by atoms with Crippen LogP contribution in [0.15, 0.2) is 22.8 Å². The highest BCUT2D eigenvalue weighted by Crippen LogP contribution is 2.11. The predicted molar refractivity (Wildman–Crippen MR) is 58.8 cm³/mol. The number of primary amides is 1. The third kappa shape index (κ3) is 3.74. The van der Waals surface area contributed by atoms with Gasteiger partial charge in [0.05, 0.1) is 0 Å². The zero-order chi connectivity index (χ0) is 10.6. The van der Waals surface area contributed by atoms with E-state index >= 15 is 0 Å². The van der Waals surface area contributed by atoms with Gasteiger partial charge in [-0.3, -0.25) is 4.79 Å². The standard InChI is InChI=1S/C9H12BrN3O/c1-6(5-8(11)14)12-9-4-2-3-7(10)13-9/h2-4,6H,5H2,1H3,(H2,11,14)(H,12,13). The Balaban J connectivity index is 2.55. The number of carbonyl (C=O) groups excluding carboxylic acids is 1. The first-order chi connectivity index (χ1) is 6.58. The van der Waals surface area contributed by atoms with Gasteiger partial charge in [0.1, 0.15) is 10.4 Å². The summed E-state index contributed by atoms with van der Waals surface area (Å²) < 4.78 is 0.758. The van der Waals surface area contributed by atoms with E-state index in [1.165, 1.54) is 0 Å². The van der Waals surface area contributed by atoms with E-state index in [0.717, 1.165) is 10.4 Å². The van der Waals surface area contributed by atoms with E-state index in [1.807, 2.05) is 25.1 Å². The first kappa shape index (κ1) is 11.0. The molecule has 76 valence electrons. The van der Waals surface area contributed by atoms with Crippen LogP contribution in [0.25, 0.3) is 0 Å². The highest BCUT2D eigenvalue weighted by molar-refractivity contribution is 9.10. The number of aromatic nitrogens is 1. The quantitative estimate of drug-likeness (QED) is 0.804. The molecule has 0 fully saturated rings. The normalized spacial score (nSPS) is 12.1. The minimum atomic E-state index is -0.319. The van der Waals surface area contributed by atoms with Crippen molar-refractivity contribution in [2.24, 2.45) is 5.73 Å². The van der Waals surface area contributed by atoms with Gasteiger partial charge < -0.3 is 11.1 Å². The smallest absolute Gasteiger partial charge is 0.219 e. The largest absolute Gasteiger partial charge is 0.370 e. The van der Waals surface area contributed by atoms with Gasteiger partial charge in [0.2, 0.25) is 5.91 Å². The van der Waals surface area contributed by atoms with Crippen molar-refractivity contribution in [2.75, 3.05) is 5.32 Å². The number of nitrogens with two attached hydrogens (primary N) is 1. The van der Waals surface area contributed by atoms with Crippen molar-refractivity contribution >= 4 is 27.7 Å². The summed E-state index contributed by atoms with van der Waals surface area (Å²) in [4.78, 5) is 14.8. The minimum Gasteiger partial charge on any atom is -0.370 e. The molecule has 0 aliphatic rings. The fourth-order valence-corrected chi connectivity index (χ4v) is 1.44. The number of anilines is 1. The first-order valence-electron chi connectivity index (χ1n) is 4.25. The van der Waals surface area contributed by atoms with Crippen LogP contribution in [0.3, 0.4) is 0 Å². The van der Waals surface area contributed by atoms with E-state index < -0.39 is 0 Å². The van der Waals surface area contributed by atoms with Crippen LogP contribution in [-0.2, 0) is 4.79 Å². The van der Waals surface area contributed by atoms with Gasteiger partial charge in [0.15, 0.2) is 0 Å². The van der Waals surface area contributed by atoms with Gasteiger partial charge in [-0.1, -0.05) is 6.07 Å². The molecule has 1 aromatic heterocycles. The summed E-state index contributed by atoms with van der Waals surface area (Å²) in [5.41, 5.74) is 5.07. The number of halogens is 1. The molecule has 1 atom stereocenters. The monoisotopic (exact) mass is 257 g/mol. The number of nitrogens with one attached hydrogen (secondary N) is 1. The molecule has 4 nitrogen and oxygen atoms in total. The molecular weight excluding hydrogens is 246 g/mol. The Hall–Kier alpha value is -1.10. The van der Waals surface area contributed by atoms with Gasteiger partial charge in [-0.25, -0.2) is 4.98 Å². The number of carbonyl (C=O) groups is 1. The maximum Gasteiger partial charge on any atom is 0.219 e. The zero-order valence-electron chi connectivity index (χ0n) is 7.83. The number of hydrogen-bond donors (Lipinski definition) is 2. The van der Waals surface area contributed by atoms with Gasteiger partial charge in [-0.15, -0.1) is 0 Å². The topological polar surface area (TPSA) is 68.0 Å². The van der Waals surface area contributed by atoms with Crippen LogP contribution in [0, 0.1) is 0 Å². The lowest BCUT2D eigenvalue weighted by Gasteiger charge is -2.12. The molecule has 1 amide bonds. The Kier molecular flexibility index (Phi) is 3.88. The molecule has 0 spiro atoms. The lowest BCUT2D eigenvalue weighted by atomic mass is 10.2. The molecule has 3 N–H and O–H groups in total. The fraction of sp³-hybridized carbons (Fsp3) is 0.333. The van der Waals surface area contributed by atoms with Crippen LogP contribution in [-0.4, -0.2) is 16.9 Å². The van der Waals surface area contributed by atoms with Crippen LogP contribution in [0.1, 0.15) is 13.3 Å². The molecule has 5 heteroatoms. The van der Waals surface area contributed by atoms with E-state index in [1.54, 1.807) is 0 Å². The second-order valence-corrected chi connectivity index (χ2v) is 3.87. The molecule has 1 heterocycles. The van der Waals surface area contributed by atoms with E-state index in [9.17, 15) is 4.79 Å². The number of pyridine rings is 1. The lowest BCUT2D eigenvalue weighted by Crippen LogP contribution is -2.24. The van der Waals surface area contributed by atoms with Crippen molar-refractivity contribution in [3.05, 3.63) is 22.8 Å². The average Bonchev–Trinajstić information content (AvgIpc) is 2.01. The summed E-state index contributed by atoms with van der Waals surface area (Å²) in [5, 5.41) is 3.07. The molecule has 1 unspecified atom stereocenters. The second kappa shape index (κ2) is 4.95. The summed E-state index contributed by atoms with van der Waals surface area (Å²) in [6, 6.07) is 5.54. The Morgan fingerprint density at radius 2 is 2.43 bits per heavy atom. The zero-order valence-corrected chi connectivity index (χ0v) is 9.41. The van der Waals surface area contributed by atoms with Crippen molar-refractivity contribution in [3.8, 4) is 0 Å². The molecule has 14 heavy (non-hydrogen) atoms. The maximum absolute atomic E-state index is 10.6. The molecule has 0 saturated carbocycles. The number of amides is 1. The van der Waals surface area contributed by atoms with Gasteiger partial charge in [0, 0.05) is 12.5 Å². The molecule has 0 aromatic carbocycles. The highest BCUT2D eigenvalue weighted by Gasteiger charge is 2.05. The van der Waals surface area contributed by atoms with Crippen molar-refractivity contribution in [3.63, 3.8) is 0 Å². The molecule has 0 radical (unpaired) electrons. The minimum absolute atomic E-state index is 0.00528. The third-order valence-corrected chi connectivity index (χ3v) is 2.06. The van der Waals surface area contributed by atoms with Crippen molar-refractivity contribution in [1.82, 2.24) is 4.98 Å². The Labute approximate surface area is 91.0 Å². The summed E-state index contributed by atoms with van der Waals surface area (Å²) in [6.07, 6.45) is 0.300. The van der Waals surface area contributed by atoms with Gasteiger partial charge in [-0.2, -0.15) is 0 Å². The maximum atomic E-state index is 10.6. The summed E-state index contributed by atoms with van der Waals surface area (Å²) in [7, 11) is 0. The van der Waals surface area contributed by atoms with Gasteiger partial charge in [0.25, 0.3) is 0 Å². The molecule has 0 bridgehead atoms. The molecular formula is C9H12BrN3O. The fourth-order valence-electron chi connectivity index (χ4n) is 1.09. The van der Waals surface area contributed by atoms with Crippen molar-refractivity contribution in [2.45, 2.75) is 19.4 Å². The summed E-state index contributed by atoms with van der Waals surface area (Å²) in [5.74, 6) is 0.410. The molecule has 1 aromatic rings. The van der Waals surface area contributed by atoms with Gasteiger partial charge >= 0.3 is 0 Å². The Morgan fingerprint density at radius 3 is 3.00 bits per heavy atom. The van der Waals surface area contributed by atoms with E-state index in [0.29, 0.717) is 6.42 Å². The third-order valence-electron chi connectivity index (χ3n) is 1.62. The van der Waals surface area contributed by atoms with Crippen LogP contribution < -0.4 is 11.1 Å². The Morgan fingerprint density at radius 1 is 1.71 bits per heavy atom. The van der Waals surface area contributed by atoms with Crippen LogP contribution in [0.2, 0.25) is 0 Å². The van der Waals surface area contributed by atoms with Gasteiger partial charge in [-0.05, 0) is 35.0 Å². The van der Waals surface area contributed by atoms with Crippen LogP contribution >= 0.6 is 15.9 Å². The predicted octanol–water partition coefficient (Wildman–Crippen LogP) is 1.52. The average molecular weight is 258 g/mol. The lowest BCUT2D eigenvalue weighted by molar-refractivity contribution is -0.118. The van der Waals surface area contributed by atoms with Crippen LogP contribution in [0.5, 0.6) is 0 Å². The van der Waals surface area contributed by atoms with E-state index in [2.05, 4.69) is 26.2 Å². The van der Waals surface area contributed by atoms with Crippen molar-refractivity contribution < 1.29 is 4.79 Å². The summed E-state index contributed by atoms with van der Waals surface area (Å²) >= 11 is 3.26. The van der Waals surface area contributed by atoms with E-state index in [-0.39, 0.29) is 11.9 Å². The SMILES string of the molecule is CC(CC(N)=O)Nc1cccc(Br)n1. The van der Waals surface area contributed by atoms with Crippen molar-refractivity contribution in [1.29, 1.82) is 0 Å². The molecule has 0 aliphatic heterocycles. The second-order valence-electron chi connectivity index (χ2n) is 3.06. The molecule has 1 rings (SSSR count). The number of hydrogen-bond acceptors (Lipinski definition) is 3. The van der Waals surface area contributed by atoms with E-state index in [4.69, 9.17) is 5.73 Å². The first-order valence-corrected chi connectivity index (χ1v) is 5.04.